The number of nitrogens with zero attached hydrogens (tertiary/aromatic N) is 3. The number of anilines is 2. The summed E-state index contributed by atoms with van der Waals surface area (Å²) in [5, 5.41) is 12.2. The standard InChI is InChI=1S/C11H13FN6O/c1-13-9-2-3-14-10-8(5-15-18(9)10)17-11(19)16-7-4-6(7)12/h2-3,5-7,13H,4H2,1H3,(H2,16,17,19)/t6-,7+/m0/s1. The zero-order valence-corrected chi connectivity index (χ0v) is 10.2. The predicted molar refractivity (Wildman–Crippen MR) is 68.0 cm³/mol. The first-order valence-electron chi connectivity index (χ1n) is 5.91. The van der Waals surface area contributed by atoms with E-state index >= 15 is 0 Å². The number of urea groups is 1. The van der Waals surface area contributed by atoms with E-state index in [0.717, 1.165) is 5.82 Å². The van der Waals surface area contributed by atoms with Gasteiger partial charge in [-0.25, -0.2) is 14.2 Å². The van der Waals surface area contributed by atoms with E-state index in [-0.39, 0.29) is 6.04 Å². The second-order valence-corrected chi connectivity index (χ2v) is 4.33. The lowest BCUT2D eigenvalue weighted by molar-refractivity contribution is 0.250. The van der Waals surface area contributed by atoms with E-state index in [2.05, 4.69) is 26.0 Å². The topological polar surface area (TPSA) is 83.3 Å². The maximum atomic E-state index is 12.7. The van der Waals surface area contributed by atoms with Crippen LogP contribution in [0.15, 0.2) is 18.5 Å². The van der Waals surface area contributed by atoms with Crippen LogP contribution in [0.5, 0.6) is 0 Å². The Morgan fingerprint density at radius 2 is 2.37 bits per heavy atom. The summed E-state index contributed by atoms with van der Waals surface area (Å²) in [6.45, 7) is 0. The second-order valence-electron chi connectivity index (χ2n) is 4.33. The van der Waals surface area contributed by atoms with Crippen molar-refractivity contribution in [2.75, 3.05) is 17.7 Å². The van der Waals surface area contributed by atoms with E-state index in [4.69, 9.17) is 0 Å². The molecule has 2 aromatic rings. The number of nitrogens with one attached hydrogen (secondary N) is 3. The van der Waals surface area contributed by atoms with Gasteiger partial charge in [0, 0.05) is 19.7 Å². The fourth-order valence-electron chi connectivity index (χ4n) is 1.81. The van der Waals surface area contributed by atoms with E-state index < -0.39 is 12.2 Å². The largest absolute Gasteiger partial charge is 0.373 e. The van der Waals surface area contributed by atoms with Gasteiger partial charge in [-0.1, -0.05) is 0 Å². The molecule has 0 bridgehead atoms. The zero-order chi connectivity index (χ0) is 13.4. The number of carbonyl (C=O) groups excluding carboxylic acids is 1. The van der Waals surface area contributed by atoms with E-state index in [1.165, 1.54) is 6.20 Å². The lowest BCUT2D eigenvalue weighted by atomic mass is 10.5. The van der Waals surface area contributed by atoms with Crippen LogP contribution < -0.4 is 16.0 Å². The van der Waals surface area contributed by atoms with Gasteiger partial charge in [0.1, 0.15) is 17.7 Å². The molecule has 100 valence electrons. The van der Waals surface area contributed by atoms with Crippen molar-refractivity contribution in [3.63, 3.8) is 0 Å². The van der Waals surface area contributed by atoms with E-state index in [0.29, 0.717) is 17.8 Å². The van der Waals surface area contributed by atoms with Gasteiger partial charge in [-0.2, -0.15) is 9.61 Å². The minimum Gasteiger partial charge on any atom is -0.373 e. The highest BCUT2D eigenvalue weighted by Crippen LogP contribution is 2.25. The molecule has 1 fully saturated rings. The molecule has 0 unspecified atom stereocenters. The molecule has 2 heterocycles. The van der Waals surface area contributed by atoms with Crippen LogP contribution >= 0.6 is 0 Å². The minimum absolute atomic E-state index is 0.373. The van der Waals surface area contributed by atoms with Gasteiger partial charge in [0.05, 0.1) is 12.2 Å². The van der Waals surface area contributed by atoms with E-state index in [1.54, 1.807) is 23.8 Å². The molecular formula is C11H13FN6O. The number of rotatable bonds is 3. The summed E-state index contributed by atoms with van der Waals surface area (Å²) in [5.74, 6) is 0.754. The number of amides is 2. The number of hydrogen-bond donors (Lipinski definition) is 3. The molecule has 0 spiro atoms. The Labute approximate surface area is 108 Å². The second kappa shape index (κ2) is 4.38. The monoisotopic (exact) mass is 264 g/mol. The highest BCUT2D eigenvalue weighted by atomic mass is 19.1. The van der Waals surface area contributed by atoms with Crippen LogP contribution in [0.1, 0.15) is 6.42 Å². The number of fused-ring (bicyclic) bond motifs is 1. The summed E-state index contributed by atoms with van der Waals surface area (Å²) >= 11 is 0. The van der Waals surface area contributed by atoms with Gasteiger partial charge < -0.3 is 16.0 Å². The van der Waals surface area contributed by atoms with Gasteiger partial charge in [0.2, 0.25) is 0 Å². The Balaban J connectivity index is 1.79. The number of aromatic nitrogens is 3. The number of halogens is 1. The van der Waals surface area contributed by atoms with E-state index in [1.807, 2.05) is 0 Å². The molecular weight excluding hydrogens is 251 g/mol. The highest BCUT2D eigenvalue weighted by Gasteiger charge is 2.38. The quantitative estimate of drug-likeness (QED) is 0.772. The van der Waals surface area contributed by atoms with Crippen molar-refractivity contribution in [1.29, 1.82) is 0 Å². The molecule has 0 aliphatic heterocycles. The summed E-state index contributed by atoms with van der Waals surface area (Å²) in [5.41, 5.74) is 1.00. The Hall–Kier alpha value is -2.38. The van der Waals surface area contributed by atoms with Gasteiger partial charge in [0.25, 0.3) is 0 Å². The van der Waals surface area contributed by atoms with Gasteiger partial charge in [-0.3, -0.25) is 0 Å². The smallest absolute Gasteiger partial charge is 0.319 e. The first-order chi connectivity index (χ1) is 9.19. The highest BCUT2D eigenvalue weighted by molar-refractivity contribution is 5.93. The molecule has 7 nitrogen and oxygen atoms in total. The molecule has 3 N–H and O–H groups in total. The van der Waals surface area contributed by atoms with Gasteiger partial charge in [-0.05, 0) is 6.07 Å². The van der Waals surface area contributed by atoms with Crippen LogP contribution in [0.25, 0.3) is 5.65 Å². The van der Waals surface area contributed by atoms with Crippen LogP contribution in [0.4, 0.5) is 20.7 Å². The molecule has 3 rings (SSSR count). The molecule has 2 amide bonds. The molecule has 8 heteroatoms. The SMILES string of the molecule is CNc1ccnc2c(NC(=O)N[C@@H]3C[C@@H]3F)cnn12. The third-order valence-corrected chi connectivity index (χ3v) is 2.93. The third kappa shape index (κ3) is 2.16. The minimum atomic E-state index is -0.927. The summed E-state index contributed by atoms with van der Waals surface area (Å²) in [6, 6.07) is 0.946. The number of hydrogen-bond acceptors (Lipinski definition) is 4. The van der Waals surface area contributed by atoms with Gasteiger partial charge in [-0.15, -0.1) is 0 Å². The summed E-state index contributed by atoms with van der Waals surface area (Å²) in [6.07, 6.45) is 2.57. The predicted octanol–water partition coefficient (Wildman–Crippen LogP) is 1.00. The van der Waals surface area contributed by atoms with Crippen molar-refractivity contribution in [3.8, 4) is 0 Å². The Kier molecular flexibility index (Phi) is 2.69. The average molecular weight is 264 g/mol. The fourth-order valence-corrected chi connectivity index (χ4v) is 1.81. The maximum Gasteiger partial charge on any atom is 0.319 e. The lowest BCUT2D eigenvalue weighted by Crippen LogP contribution is -2.31. The first kappa shape index (κ1) is 11.7. The lowest BCUT2D eigenvalue weighted by Gasteiger charge is -2.05. The van der Waals surface area contributed by atoms with Crippen molar-refractivity contribution < 1.29 is 9.18 Å². The summed E-state index contributed by atoms with van der Waals surface area (Å²) < 4.78 is 14.3. The van der Waals surface area contributed by atoms with Crippen molar-refractivity contribution >= 4 is 23.2 Å². The van der Waals surface area contributed by atoms with Crippen molar-refractivity contribution in [3.05, 3.63) is 18.5 Å². The Morgan fingerprint density at radius 1 is 1.58 bits per heavy atom. The Bertz CT molecular complexity index is 627. The third-order valence-electron chi connectivity index (χ3n) is 2.93. The Morgan fingerprint density at radius 3 is 3.05 bits per heavy atom. The first-order valence-corrected chi connectivity index (χ1v) is 5.91. The molecule has 0 aromatic carbocycles. The molecule has 1 aliphatic carbocycles. The van der Waals surface area contributed by atoms with Crippen LogP contribution in [-0.2, 0) is 0 Å². The van der Waals surface area contributed by atoms with Crippen molar-refractivity contribution in [2.45, 2.75) is 18.6 Å². The average Bonchev–Trinajstić information content (AvgIpc) is 2.93. The molecule has 19 heavy (non-hydrogen) atoms. The van der Waals surface area contributed by atoms with Crippen LogP contribution in [0.3, 0.4) is 0 Å². The van der Waals surface area contributed by atoms with Crippen molar-refractivity contribution in [1.82, 2.24) is 19.9 Å². The number of carbonyl (C=O) groups is 1. The molecule has 1 saturated carbocycles. The molecule has 2 aromatic heterocycles. The molecule has 1 aliphatic rings. The molecule has 0 radical (unpaired) electrons. The van der Waals surface area contributed by atoms with Gasteiger partial charge >= 0.3 is 6.03 Å². The summed E-state index contributed by atoms with van der Waals surface area (Å²) in [4.78, 5) is 15.8. The normalized spacial score (nSPS) is 21.2. The van der Waals surface area contributed by atoms with Crippen LogP contribution in [0, 0.1) is 0 Å². The molecule has 0 saturated heterocycles. The summed E-state index contributed by atoms with van der Waals surface area (Å²) in [7, 11) is 1.77. The number of alkyl halides is 1. The van der Waals surface area contributed by atoms with Gasteiger partial charge in [0.15, 0.2) is 5.65 Å². The van der Waals surface area contributed by atoms with E-state index in [9.17, 15) is 9.18 Å². The maximum absolute atomic E-state index is 12.7. The van der Waals surface area contributed by atoms with Crippen LogP contribution in [0.2, 0.25) is 0 Å². The molecule has 2 atom stereocenters. The zero-order valence-electron chi connectivity index (χ0n) is 10.2. The van der Waals surface area contributed by atoms with Crippen molar-refractivity contribution in [2.24, 2.45) is 0 Å². The fraction of sp³-hybridized carbons (Fsp3) is 0.364. The van der Waals surface area contributed by atoms with Crippen LogP contribution in [-0.4, -0.2) is 39.9 Å².